The van der Waals surface area contributed by atoms with Gasteiger partial charge in [0, 0.05) is 6.54 Å². The maximum Gasteiger partial charge on any atom is 0.408 e. The Hall–Kier alpha value is -2.32. The lowest BCUT2D eigenvalue weighted by atomic mass is 10.2. The molecule has 0 fully saturated rings. The highest BCUT2D eigenvalue weighted by atomic mass is 16.6. The van der Waals surface area contributed by atoms with E-state index in [1.165, 1.54) is 6.92 Å². The Labute approximate surface area is 116 Å². The molecule has 9 heteroatoms. The van der Waals surface area contributed by atoms with Crippen molar-refractivity contribution in [2.45, 2.75) is 33.3 Å². The molecule has 0 aliphatic carbocycles. The summed E-state index contributed by atoms with van der Waals surface area (Å²) >= 11 is 0. The second-order valence-electron chi connectivity index (χ2n) is 4.74. The number of carbonyl (C=O) groups is 4. The van der Waals surface area contributed by atoms with Crippen LogP contribution in [-0.2, 0) is 19.1 Å². The summed E-state index contributed by atoms with van der Waals surface area (Å²) in [5.41, 5.74) is 1.19. The van der Waals surface area contributed by atoms with Crippen molar-refractivity contribution in [1.29, 1.82) is 0 Å². The smallest absolute Gasteiger partial charge is 0.408 e. The van der Waals surface area contributed by atoms with Crippen LogP contribution in [0.2, 0.25) is 0 Å². The zero-order valence-corrected chi connectivity index (χ0v) is 11.8. The first-order chi connectivity index (χ1) is 9.06. The van der Waals surface area contributed by atoms with Gasteiger partial charge in [-0.2, -0.15) is 0 Å². The van der Waals surface area contributed by atoms with Crippen LogP contribution >= 0.6 is 0 Å². The molecule has 20 heavy (non-hydrogen) atoms. The van der Waals surface area contributed by atoms with Crippen LogP contribution in [0, 0.1) is 0 Å². The average Bonchev–Trinajstić information content (AvgIpc) is 2.30. The fraction of sp³-hybridized carbons (Fsp3) is 0.636. The molecule has 9 nitrogen and oxygen atoms in total. The molecule has 114 valence electrons. The molecule has 0 radical (unpaired) electrons. The lowest BCUT2D eigenvalue weighted by molar-refractivity contribution is -0.154. The van der Waals surface area contributed by atoms with Gasteiger partial charge in [-0.15, -0.1) is 0 Å². The fourth-order valence-corrected chi connectivity index (χ4v) is 1.05. The monoisotopic (exact) mass is 289 g/mol. The fourth-order valence-electron chi connectivity index (χ4n) is 1.05. The lowest BCUT2D eigenvalue weighted by Crippen LogP contribution is -2.51. The van der Waals surface area contributed by atoms with Gasteiger partial charge in [-0.05, 0) is 27.7 Å². The number of alkyl carbamates (subject to hydrolysis) is 1. The topological polar surface area (TPSA) is 125 Å². The second-order valence-corrected chi connectivity index (χ2v) is 4.74. The SMILES string of the molecule is CCN(NC(=O)C(=O)O)C(=O)CNC(=O)OC(C)(C)C. The summed E-state index contributed by atoms with van der Waals surface area (Å²) in [6.45, 7) is 6.16. The third kappa shape index (κ3) is 7.19. The summed E-state index contributed by atoms with van der Waals surface area (Å²) < 4.78 is 4.92. The van der Waals surface area contributed by atoms with Crippen molar-refractivity contribution >= 4 is 23.9 Å². The Bertz CT molecular complexity index is 401. The molecule has 0 atom stereocenters. The third-order valence-electron chi connectivity index (χ3n) is 1.83. The lowest BCUT2D eigenvalue weighted by Gasteiger charge is -2.22. The summed E-state index contributed by atoms with van der Waals surface area (Å²) in [7, 11) is 0. The van der Waals surface area contributed by atoms with E-state index in [-0.39, 0.29) is 6.54 Å². The van der Waals surface area contributed by atoms with Crippen molar-refractivity contribution in [2.24, 2.45) is 0 Å². The number of hydrogen-bond acceptors (Lipinski definition) is 5. The van der Waals surface area contributed by atoms with E-state index in [2.05, 4.69) is 5.32 Å². The number of carbonyl (C=O) groups excluding carboxylic acids is 3. The van der Waals surface area contributed by atoms with E-state index in [1.54, 1.807) is 20.8 Å². The number of hydrogen-bond donors (Lipinski definition) is 3. The zero-order chi connectivity index (χ0) is 15.9. The molecule has 0 bridgehead atoms. The van der Waals surface area contributed by atoms with E-state index < -0.39 is 36.0 Å². The van der Waals surface area contributed by atoms with Crippen molar-refractivity contribution in [3.63, 3.8) is 0 Å². The zero-order valence-electron chi connectivity index (χ0n) is 11.8. The van der Waals surface area contributed by atoms with E-state index in [0.717, 1.165) is 5.01 Å². The first kappa shape index (κ1) is 17.7. The van der Waals surface area contributed by atoms with Crippen LogP contribution in [-0.4, -0.2) is 52.7 Å². The number of hydrazine groups is 1. The van der Waals surface area contributed by atoms with Crippen LogP contribution in [0.4, 0.5) is 4.79 Å². The minimum absolute atomic E-state index is 0.0495. The summed E-state index contributed by atoms with van der Waals surface area (Å²) in [6.07, 6.45) is -0.786. The first-order valence-electron chi connectivity index (χ1n) is 5.88. The minimum Gasteiger partial charge on any atom is -0.474 e. The molecule has 0 aliphatic rings. The van der Waals surface area contributed by atoms with E-state index >= 15 is 0 Å². The van der Waals surface area contributed by atoms with Crippen molar-refractivity contribution in [2.75, 3.05) is 13.1 Å². The van der Waals surface area contributed by atoms with Crippen molar-refractivity contribution in [1.82, 2.24) is 15.8 Å². The van der Waals surface area contributed by atoms with Crippen LogP contribution in [0.3, 0.4) is 0 Å². The Morgan fingerprint density at radius 1 is 1.20 bits per heavy atom. The maximum absolute atomic E-state index is 11.7. The molecule has 0 aromatic heterocycles. The minimum atomic E-state index is -1.71. The molecule has 0 rings (SSSR count). The number of carboxylic acids is 1. The Morgan fingerprint density at radius 2 is 1.75 bits per heavy atom. The second kappa shape index (κ2) is 7.31. The molecular weight excluding hydrogens is 270 g/mol. The van der Waals surface area contributed by atoms with E-state index in [1.807, 2.05) is 5.43 Å². The van der Waals surface area contributed by atoms with Crippen LogP contribution in [0.25, 0.3) is 0 Å². The van der Waals surface area contributed by atoms with Crippen LogP contribution in [0.1, 0.15) is 27.7 Å². The van der Waals surface area contributed by atoms with Crippen molar-refractivity contribution in [3.8, 4) is 0 Å². The van der Waals surface area contributed by atoms with E-state index in [9.17, 15) is 19.2 Å². The highest BCUT2D eigenvalue weighted by Crippen LogP contribution is 2.06. The van der Waals surface area contributed by atoms with Gasteiger partial charge in [-0.25, -0.2) is 9.59 Å². The normalized spacial score (nSPS) is 10.4. The van der Waals surface area contributed by atoms with Crippen molar-refractivity contribution < 1.29 is 29.0 Å². The predicted molar refractivity (Wildman–Crippen MR) is 67.4 cm³/mol. The van der Waals surface area contributed by atoms with Gasteiger partial charge in [0.25, 0.3) is 5.91 Å². The average molecular weight is 289 g/mol. The number of likely N-dealkylation sites (N-methyl/N-ethyl adjacent to an activating group) is 1. The Morgan fingerprint density at radius 3 is 2.15 bits per heavy atom. The number of rotatable bonds is 3. The van der Waals surface area contributed by atoms with Gasteiger partial charge >= 0.3 is 18.0 Å². The van der Waals surface area contributed by atoms with Crippen molar-refractivity contribution in [3.05, 3.63) is 0 Å². The molecule has 0 heterocycles. The largest absolute Gasteiger partial charge is 0.474 e. The van der Waals surface area contributed by atoms with Gasteiger partial charge in [0.05, 0.1) is 0 Å². The summed E-state index contributed by atoms with van der Waals surface area (Å²) in [5.74, 6) is -3.72. The molecule has 0 aromatic rings. The molecule has 0 aliphatic heterocycles. The molecule has 3 N–H and O–H groups in total. The van der Waals surface area contributed by atoms with Gasteiger partial charge in [0.2, 0.25) is 0 Å². The van der Waals surface area contributed by atoms with Gasteiger partial charge < -0.3 is 15.2 Å². The number of aliphatic carboxylic acids is 1. The Balaban J connectivity index is 4.33. The highest BCUT2D eigenvalue weighted by molar-refractivity contribution is 6.31. The molecule has 0 saturated carbocycles. The van der Waals surface area contributed by atoms with Gasteiger partial charge in [-0.1, -0.05) is 0 Å². The number of nitrogens with zero attached hydrogens (tertiary/aromatic N) is 1. The van der Waals surface area contributed by atoms with Crippen LogP contribution in [0.15, 0.2) is 0 Å². The van der Waals surface area contributed by atoms with Gasteiger partial charge in [0.15, 0.2) is 0 Å². The maximum atomic E-state index is 11.7. The molecule has 0 saturated heterocycles. The Kier molecular flexibility index (Phi) is 6.47. The highest BCUT2D eigenvalue weighted by Gasteiger charge is 2.21. The summed E-state index contributed by atoms with van der Waals surface area (Å²) in [4.78, 5) is 44.3. The molecule has 0 spiro atoms. The molecule has 0 unspecified atom stereocenters. The number of carboxylic acid groups (broad SMARTS) is 1. The van der Waals surface area contributed by atoms with E-state index in [0.29, 0.717) is 0 Å². The first-order valence-corrected chi connectivity index (χ1v) is 5.88. The molecular formula is C11H19N3O6. The summed E-state index contributed by atoms with van der Waals surface area (Å²) in [6, 6.07) is 0. The molecule has 3 amide bonds. The summed E-state index contributed by atoms with van der Waals surface area (Å²) in [5, 5.41) is 11.4. The van der Waals surface area contributed by atoms with Crippen LogP contribution in [0.5, 0.6) is 0 Å². The number of amides is 3. The number of nitrogens with one attached hydrogen (secondary N) is 2. The predicted octanol–water partition coefficient (Wildman–Crippen LogP) is -0.525. The van der Waals surface area contributed by atoms with Crippen LogP contribution < -0.4 is 10.7 Å². The molecule has 0 aromatic carbocycles. The van der Waals surface area contributed by atoms with Gasteiger partial charge in [0.1, 0.15) is 12.1 Å². The third-order valence-corrected chi connectivity index (χ3v) is 1.83. The van der Waals surface area contributed by atoms with E-state index in [4.69, 9.17) is 9.84 Å². The quantitative estimate of drug-likeness (QED) is 0.474. The number of ether oxygens (including phenoxy) is 1. The van der Waals surface area contributed by atoms with Gasteiger partial charge in [-0.3, -0.25) is 20.0 Å². The standard InChI is InChI=1S/C11H19N3O6/c1-5-14(13-8(16)9(17)18)7(15)6-12-10(19)20-11(2,3)4/h5-6H2,1-4H3,(H,12,19)(H,13,16)(H,17,18).